The molecule has 2 bridgehead atoms. The number of piperidine rings is 3. The summed E-state index contributed by atoms with van der Waals surface area (Å²) in [5.41, 5.74) is -0.135. The Labute approximate surface area is 207 Å². The van der Waals surface area contributed by atoms with Crippen molar-refractivity contribution in [2.45, 2.75) is 18.9 Å². The summed E-state index contributed by atoms with van der Waals surface area (Å²) in [6.45, 7) is 0.669. The van der Waals surface area contributed by atoms with Crippen molar-refractivity contribution in [3.05, 3.63) is 59.7 Å². The normalized spacial score (nSPS) is 25.3. The molecule has 4 unspecified atom stereocenters. The predicted octanol–water partition coefficient (Wildman–Crippen LogP) is 2.63. The number of nitrogens with zero attached hydrogens (tertiary/aromatic N) is 1. The number of hydrogen-bond donors (Lipinski definition) is 4. The molecule has 3 fully saturated rings. The fourth-order valence-electron chi connectivity index (χ4n) is 5.07. The van der Waals surface area contributed by atoms with Gasteiger partial charge in [0.2, 0.25) is 0 Å². The number of carbonyl (C=O) groups is 3. The Balaban J connectivity index is 1.64. The molecule has 9 nitrogen and oxygen atoms in total. The number of benzene rings is 2. The zero-order chi connectivity index (χ0) is 26.0. The molecule has 0 amide bonds. The number of hydrogen-bond acceptors (Lipinski definition) is 9. The maximum atomic E-state index is 13.6. The van der Waals surface area contributed by atoms with E-state index in [0.717, 1.165) is 0 Å². The first-order valence-electron chi connectivity index (χ1n) is 11.4. The lowest BCUT2D eigenvalue weighted by Gasteiger charge is -2.54. The van der Waals surface area contributed by atoms with Crippen LogP contribution in [0.15, 0.2) is 48.6 Å². The van der Waals surface area contributed by atoms with Crippen LogP contribution < -0.4 is 0 Å². The third-order valence-electron chi connectivity index (χ3n) is 7.10. The molecule has 3 heterocycles. The first-order valence-corrected chi connectivity index (χ1v) is 11.4. The zero-order valence-electron chi connectivity index (χ0n) is 19.6. The van der Waals surface area contributed by atoms with Crippen molar-refractivity contribution in [2.75, 3.05) is 20.2 Å². The molecule has 0 aromatic heterocycles. The minimum Gasteiger partial charge on any atom is -0.504 e. The predicted molar refractivity (Wildman–Crippen MR) is 130 cm³/mol. The molecule has 2 aromatic carbocycles. The smallest absolute Gasteiger partial charge is 0.323 e. The van der Waals surface area contributed by atoms with Gasteiger partial charge in [0.1, 0.15) is 6.04 Å². The first kappa shape index (κ1) is 25.0. The fraction of sp³-hybridized carbons (Fsp3) is 0.296. The molecule has 3 saturated heterocycles. The Kier molecular flexibility index (Phi) is 6.85. The van der Waals surface area contributed by atoms with Crippen molar-refractivity contribution in [3.8, 4) is 23.0 Å². The number of carbonyl (C=O) groups excluding carboxylic acids is 3. The number of ketones is 2. The van der Waals surface area contributed by atoms with Gasteiger partial charge in [-0.15, -0.1) is 0 Å². The molecule has 188 valence electrons. The summed E-state index contributed by atoms with van der Waals surface area (Å²) in [6, 6.07) is 7.69. The summed E-state index contributed by atoms with van der Waals surface area (Å²) in [4.78, 5) is 41.3. The number of fused-ring (bicyclic) bond motifs is 3. The Bertz CT molecular complexity index is 1270. The number of methoxy groups -OCH3 is 1. The van der Waals surface area contributed by atoms with E-state index in [2.05, 4.69) is 0 Å². The van der Waals surface area contributed by atoms with Gasteiger partial charge in [-0.25, -0.2) is 0 Å². The van der Waals surface area contributed by atoms with Crippen LogP contribution in [0.3, 0.4) is 0 Å². The van der Waals surface area contributed by atoms with Gasteiger partial charge in [-0.1, -0.05) is 24.3 Å². The van der Waals surface area contributed by atoms with Gasteiger partial charge in [0.15, 0.2) is 34.6 Å². The van der Waals surface area contributed by atoms with Gasteiger partial charge in [0.05, 0.1) is 7.11 Å². The lowest BCUT2D eigenvalue weighted by molar-refractivity contribution is -0.166. The van der Waals surface area contributed by atoms with Crippen molar-refractivity contribution in [1.29, 1.82) is 0 Å². The van der Waals surface area contributed by atoms with Gasteiger partial charge in [0, 0.05) is 24.4 Å². The zero-order valence-corrected chi connectivity index (χ0v) is 19.6. The van der Waals surface area contributed by atoms with Gasteiger partial charge < -0.3 is 25.2 Å². The number of phenols is 4. The van der Waals surface area contributed by atoms with Crippen LogP contribution in [0.2, 0.25) is 0 Å². The third-order valence-corrected chi connectivity index (χ3v) is 7.10. The maximum Gasteiger partial charge on any atom is 0.323 e. The highest BCUT2D eigenvalue weighted by molar-refractivity contribution is 6.05. The molecular weight excluding hydrogens is 466 g/mol. The van der Waals surface area contributed by atoms with E-state index < -0.39 is 23.3 Å². The number of rotatable bonds is 7. The molecule has 4 N–H and O–H groups in total. The van der Waals surface area contributed by atoms with Crippen LogP contribution in [-0.2, 0) is 19.1 Å². The molecule has 3 aliphatic heterocycles. The van der Waals surface area contributed by atoms with Gasteiger partial charge in [-0.3, -0.25) is 19.3 Å². The molecule has 0 saturated carbocycles. The van der Waals surface area contributed by atoms with Crippen LogP contribution in [0.1, 0.15) is 24.0 Å². The van der Waals surface area contributed by atoms with E-state index in [1.54, 1.807) is 6.07 Å². The molecule has 36 heavy (non-hydrogen) atoms. The van der Waals surface area contributed by atoms with Crippen LogP contribution in [0.25, 0.3) is 12.2 Å². The molecule has 0 radical (unpaired) electrons. The van der Waals surface area contributed by atoms with E-state index in [4.69, 9.17) is 4.74 Å². The SMILES string of the molecule is COC(=O)C1CC2(C(=O)/C=C/c3ccc(O)c(O)c3)CCN1CC2C(=O)/C=C/c1ccc(O)c(O)c1. The van der Waals surface area contributed by atoms with Gasteiger partial charge in [-0.05, 0) is 60.4 Å². The van der Waals surface area contributed by atoms with Crippen LogP contribution in [0.4, 0.5) is 0 Å². The van der Waals surface area contributed by atoms with Crippen molar-refractivity contribution in [3.63, 3.8) is 0 Å². The quantitative estimate of drug-likeness (QED) is 0.260. The minimum atomic E-state index is -1.12. The first-order chi connectivity index (χ1) is 17.1. The van der Waals surface area contributed by atoms with E-state index in [1.165, 1.54) is 61.7 Å². The largest absolute Gasteiger partial charge is 0.504 e. The fourth-order valence-corrected chi connectivity index (χ4v) is 5.07. The second-order valence-corrected chi connectivity index (χ2v) is 9.13. The summed E-state index contributed by atoms with van der Waals surface area (Å²) in [5, 5.41) is 38.4. The summed E-state index contributed by atoms with van der Waals surface area (Å²) in [6.07, 6.45) is 6.22. The topological polar surface area (TPSA) is 145 Å². The Morgan fingerprint density at radius 3 is 2.06 bits per heavy atom. The lowest BCUT2D eigenvalue weighted by atomic mass is 9.59. The van der Waals surface area contributed by atoms with E-state index in [0.29, 0.717) is 24.1 Å². The highest BCUT2D eigenvalue weighted by Crippen LogP contribution is 2.49. The Morgan fingerprint density at radius 2 is 1.50 bits per heavy atom. The molecule has 4 atom stereocenters. The second-order valence-electron chi connectivity index (χ2n) is 9.13. The summed E-state index contributed by atoms with van der Waals surface area (Å²) >= 11 is 0. The van der Waals surface area contributed by atoms with Crippen LogP contribution in [0.5, 0.6) is 23.0 Å². The van der Waals surface area contributed by atoms with Crippen LogP contribution in [0, 0.1) is 11.3 Å². The second kappa shape index (κ2) is 9.87. The highest BCUT2D eigenvalue weighted by atomic mass is 16.5. The van der Waals surface area contributed by atoms with E-state index in [-0.39, 0.29) is 47.5 Å². The number of ether oxygens (including phenoxy) is 1. The summed E-state index contributed by atoms with van der Waals surface area (Å²) in [7, 11) is 1.29. The summed E-state index contributed by atoms with van der Waals surface area (Å²) < 4.78 is 4.94. The Morgan fingerprint density at radius 1 is 0.917 bits per heavy atom. The molecule has 2 aromatic rings. The average molecular weight is 494 g/mol. The highest BCUT2D eigenvalue weighted by Gasteiger charge is 2.58. The molecule has 9 heteroatoms. The van der Waals surface area contributed by atoms with Gasteiger partial charge in [-0.2, -0.15) is 0 Å². The number of phenolic OH excluding ortho intramolecular Hbond substituents is 4. The molecule has 0 aliphatic carbocycles. The van der Waals surface area contributed by atoms with Crippen LogP contribution in [-0.4, -0.2) is 69.1 Å². The van der Waals surface area contributed by atoms with Gasteiger partial charge >= 0.3 is 5.97 Å². The van der Waals surface area contributed by atoms with Crippen molar-refractivity contribution in [2.24, 2.45) is 11.3 Å². The van der Waals surface area contributed by atoms with E-state index in [1.807, 2.05) is 4.90 Å². The maximum absolute atomic E-state index is 13.6. The monoisotopic (exact) mass is 493 g/mol. The number of aromatic hydroxyl groups is 4. The van der Waals surface area contributed by atoms with Gasteiger partial charge in [0.25, 0.3) is 0 Å². The molecule has 5 rings (SSSR count). The van der Waals surface area contributed by atoms with E-state index >= 15 is 0 Å². The molecule has 0 spiro atoms. The third kappa shape index (κ3) is 4.70. The van der Waals surface area contributed by atoms with Crippen molar-refractivity contribution >= 4 is 29.7 Å². The Hall–Kier alpha value is -4.11. The molecule has 3 aliphatic rings. The van der Waals surface area contributed by atoms with E-state index in [9.17, 15) is 34.8 Å². The summed E-state index contributed by atoms with van der Waals surface area (Å²) in [5.74, 6) is -2.96. The lowest BCUT2D eigenvalue weighted by Crippen LogP contribution is -2.65. The van der Waals surface area contributed by atoms with Crippen LogP contribution >= 0.6 is 0 Å². The number of esters is 1. The number of allylic oxidation sites excluding steroid dienone is 2. The molecular formula is C27H27NO8. The average Bonchev–Trinajstić information content (AvgIpc) is 2.89. The standard InChI is InChI=1S/C27H27NO8/c1-36-26(35)19-14-27(25(34)9-5-17-4-8-22(31)24(33)13-17)10-11-28(19)15-18(27)20(29)6-2-16-3-7-21(30)23(32)12-16/h2-9,12-13,18-19,30-33H,10-11,14-15H2,1H3/b6-2+,9-5+. The van der Waals surface area contributed by atoms with Crippen molar-refractivity contribution < 1.29 is 39.5 Å². The minimum absolute atomic E-state index is 0.133. The van der Waals surface area contributed by atoms with Crippen molar-refractivity contribution in [1.82, 2.24) is 4.90 Å².